The summed E-state index contributed by atoms with van der Waals surface area (Å²) < 4.78 is 4.72. The van der Waals surface area contributed by atoms with Gasteiger partial charge in [-0.05, 0) is 30.9 Å². The first-order chi connectivity index (χ1) is 9.36. The van der Waals surface area contributed by atoms with Crippen molar-refractivity contribution in [2.45, 2.75) is 33.2 Å². The van der Waals surface area contributed by atoms with E-state index in [0.29, 0.717) is 17.7 Å². The first kappa shape index (κ1) is 16.0. The first-order valence-corrected chi connectivity index (χ1v) is 6.60. The molecule has 1 rings (SSSR count). The minimum Gasteiger partial charge on any atom is -0.467 e. The largest absolute Gasteiger partial charge is 0.467 e. The van der Waals surface area contributed by atoms with E-state index < -0.39 is 12.0 Å². The molecule has 0 bridgehead atoms. The first-order valence-electron chi connectivity index (χ1n) is 6.60. The highest BCUT2D eigenvalue weighted by Crippen LogP contribution is 2.17. The van der Waals surface area contributed by atoms with Gasteiger partial charge in [-0.1, -0.05) is 26.0 Å². The summed E-state index contributed by atoms with van der Waals surface area (Å²) in [6, 6.07) is 4.57. The van der Waals surface area contributed by atoms with E-state index in [0.717, 1.165) is 5.56 Å². The van der Waals surface area contributed by atoms with E-state index in [2.05, 4.69) is 5.32 Å². The molecule has 0 saturated heterocycles. The number of hydrogen-bond donors (Lipinski definition) is 2. The van der Waals surface area contributed by atoms with Crippen LogP contribution in [0.25, 0.3) is 0 Å². The highest BCUT2D eigenvalue weighted by atomic mass is 16.5. The Hall–Kier alpha value is -2.04. The van der Waals surface area contributed by atoms with Crippen molar-refractivity contribution >= 4 is 17.6 Å². The second-order valence-electron chi connectivity index (χ2n) is 5.21. The number of esters is 1. The maximum atomic E-state index is 12.2. The summed E-state index contributed by atoms with van der Waals surface area (Å²) in [5.41, 5.74) is 7.53. The molecule has 1 aromatic rings. The van der Waals surface area contributed by atoms with Crippen LogP contribution in [0.2, 0.25) is 0 Å². The van der Waals surface area contributed by atoms with Gasteiger partial charge in [0.15, 0.2) is 0 Å². The molecule has 0 aliphatic rings. The Kier molecular flexibility index (Phi) is 5.55. The van der Waals surface area contributed by atoms with Gasteiger partial charge in [0.05, 0.1) is 12.7 Å². The molecule has 0 aliphatic carbocycles. The molecule has 20 heavy (non-hydrogen) atoms. The van der Waals surface area contributed by atoms with E-state index in [4.69, 9.17) is 10.5 Å². The number of nitrogen functional groups attached to an aromatic ring is 1. The van der Waals surface area contributed by atoms with Crippen molar-refractivity contribution in [1.82, 2.24) is 5.32 Å². The summed E-state index contributed by atoms with van der Waals surface area (Å²) in [5.74, 6) is -0.546. The Morgan fingerprint density at radius 3 is 2.55 bits per heavy atom. The van der Waals surface area contributed by atoms with Gasteiger partial charge in [-0.3, -0.25) is 4.79 Å². The van der Waals surface area contributed by atoms with Crippen molar-refractivity contribution < 1.29 is 14.3 Å². The zero-order valence-electron chi connectivity index (χ0n) is 12.4. The van der Waals surface area contributed by atoms with Gasteiger partial charge < -0.3 is 15.8 Å². The number of hydrogen-bond acceptors (Lipinski definition) is 4. The zero-order chi connectivity index (χ0) is 15.3. The van der Waals surface area contributed by atoms with E-state index in [9.17, 15) is 9.59 Å². The molecule has 0 aromatic heterocycles. The smallest absolute Gasteiger partial charge is 0.328 e. The summed E-state index contributed by atoms with van der Waals surface area (Å²) in [5, 5.41) is 2.69. The van der Waals surface area contributed by atoms with E-state index in [1.165, 1.54) is 7.11 Å². The Bertz CT molecular complexity index is 498. The van der Waals surface area contributed by atoms with E-state index in [-0.39, 0.29) is 11.8 Å². The molecule has 5 nitrogen and oxygen atoms in total. The van der Waals surface area contributed by atoms with Crippen LogP contribution in [0, 0.1) is 12.8 Å². The lowest BCUT2D eigenvalue weighted by Crippen LogP contribution is -2.42. The summed E-state index contributed by atoms with van der Waals surface area (Å²) in [6.07, 6.45) is 0.518. The van der Waals surface area contributed by atoms with Crippen LogP contribution < -0.4 is 11.1 Å². The second kappa shape index (κ2) is 6.93. The Morgan fingerprint density at radius 2 is 2.00 bits per heavy atom. The average molecular weight is 278 g/mol. The maximum absolute atomic E-state index is 12.2. The minimum absolute atomic E-state index is 0.259. The molecular weight excluding hydrogens is 256 g/mol. The number of anilines is 1. The molecule has 0 aliphatic heterocycles. The van der Waals surface area contributed by atoms with Gasteiger partial charge in [0.25, 0.3) is 5.91 Å². The van der Waals surface area contributed by atoms with Gasteiger partial charge in [0.2, 0.25) is 0 Å². The van der Waals surface area contributed by atoms with Crippen LogP contribution in [0.1, 0.15) is 36.2 Å². The molecule has 1 aromatic carbocycles. The zero-order valence-corrected chi connectivity index (χ0v) is 12.4. The lowest BCUT2D eigenvalue weighted by atomic mass is 10.0. The second-order valence-corrected chi connectivity index (χ2v) is 5.21. The standard InChI is InChI=1S/C15H22N2O3/c1-9(2)8-12(15(19)20-4)17-14(18)11-7-5-6-10(3)13(11)16/h5-7,9,12H,8,16H2,1-4H3,(H,17,18). The topological polar surface area (TPSA) is 81.4 Å². The number of carbonyl (C=O) groups is 2. The number of nitrogens with one attached hydrogen (secondary N) is 1. The molecule has 1 amide bonds. The van der Waals surface area contributed by atoms with Crippen molar-refractivity contribution in [1.29, 1.82) is 0 Å². The molecule has 1 atom stereocenters. The Balaban J connectivity index is 2.90. The molecule has 110 valence electrons. The van der Waals surface area contributed by atoms with Gasteiger partial charge in [0.1, 0.15) is 6.04 Å². The third kappa shape index (κ3) is 3.98. The summed E-state index contributed by atoms with van der Waals surface area (Å²) in [7, 11) is 1.31. The summed E-state index contributed by atoms with van der Waals surface area (Å²) >= 11 is 0. The lowest BCUT2D eigenvalue weighted by molar-refractivity contribution is -0.143. The van der Waals surface area contributed by atoms with Crippen molar-refractivity contribution in [2.75, 3.05) is 12.8 Å². The molecule has 3 N–H and O–H groups in total. The van der Waals surface area contributed by atoms with Crippen LogP contribution in [0.4, 0.5) is 5.69 Å². The third-order valence-corrected chi connectivity index (χ3v) is 3.07. The van der Waals surface area contributed by atoms with Crippen LogP contribution >= 0.6 is 0 Å². The van der Waals surface area contributed by atoms with E-state index in [1.54, 1.807) is 12.1 Å². The van der Waals surface area contributed by atoms with Crippen molar-refractivity contribution in [2.24, 2.45) is 5.92 Å². The molecule has 0 saturated carbocycles. The van der Waals surface area contributed by atoms with Crippen LogP contribution in [-0.4, -0.2) is 25.0 Å². The number of para-hydroxylation sites is 1. The minimum atomic E-state index is -0.660. The van der Waals surface area contributed by atoms with Crippen molar-refractivity contribution in [3.8, 4) is 0 Å². The predicted octanol–water partition coefficient (Wildman–Crippen LogP) is 1.89. The van der Waals surface area contributed by atoms with Crippen molar-refractivity contribution in [3.05, 3.63) is 29.3 Å². The van der Waals surface area contributed by atoms with Crippen molar-refractivity contribution in [3.63, 3.8) is 0 Å². The number of benzene rings is 1. The molecule has 0 fully saturated rings. The fourth-order valence-electron chi connectivity index (χ4n) is 1.94. The fourth-order valence-corrected chi connectivity index (χ4v) is 1.94. The van der Waals surface area contributed by atoms with Gasteiger partial charge in [-0.25, -0.2) is 4.79 Å². The van der Waals surface area contributed by atoms with E-state index >= 15 is 0 Å². The summed E-state index contributed by atoms with van der Waals surface area (Å²) in [4.78, 5) is 23.9. The van der Waals surface area contributed by atoms with Crippen LogP contribution in [0.5, 0.6) is 0 Å². The molecule has 0 radical (unpaired) electrons. The fraction of sp³-hybridized carbons (Fsp3) is 0.467. The number of rotatable bonds is 5. The van der Waals surface area contributed by atoms with E-state index in [1.807, 2.05) is 26.8 Å². The summed E-state index contributed by atoms with van der Waals surface area (Å²) in [6.45, 7) is 5.78. The highest BCUT2D eigenvalue weighted by Gasteiger charge is 2.24. The molecule has 0 spiro atoms. The normalized spacial score (nSPS) is 12.1. The van der Waals surface area contributed by atoms with Crippen LogP contribution in [-0.2, 0) is 9.53 Å². The lowest BCUT2D eigenvalue weighted by Gasteiger charge is -2.19. The Labute approximate surface area is 119 Å². The van der Waals surface area contributed by atoms with Crippen LogP contribution in [0.15, 0.2) is 18.2 Å². The maximum Gasteiger partial charge on any atom is 0.328 e. The quantitative estimate of drug-likeness (QED) is 0.636. The van der Waals surface area contributed by atoms with Gasteiger partial charge >= 0.3 is 5.97 Å². The third-order valence-electron chi connectivity index (χ3n) is 3.07. The molecule has 1 unspecified atom stereocenters. The predicted molar refractivity (Wildman–Crippen MR) is 78.3 cm³/mol. The number of amides is 1. The molecular formula is C15H22N2O3. The highest BCUT2D eigenvalue weighted by molar-refractivity contribution is 6.01. The number of nitrogens with two attached hydrogens (primary N) is 1. The monoisotopic (exact) mass is 278 g/mol. The Morgan fingerprint density at radius 1 is 1.35 bits per heavy atom. The SMILES string of the molecule is COC(=O)C(CC(C)C)NC(=O)c1cccc(C)c1N. The number of ether oxygens (including phenoxy) is 1. The molecule has 0 heterocycles. The van der Waals surface area contributed by atoms with Gasteiger partial charge in [0, 0.05) is 5.69 Å². The number of carbonyl (C=O) groups excluding carboxylic acids is 2. The number of aryl methyl sites for hydroxylation is 1. The average Bonchev–Trinajstić information content (AvgIpc) is 2.39. The van der Waals surface area contributed by atoms with Gasteiger partial charge in [-0.15, -0.1) is 0 Å². The van der Waals surface area contributed by atoms with Gasteiger partial charge in [-0.2, -0.15) is 0 Å². The molecule has 5 heteroatoms. The number of methoxy groups -OCH3 is 1. The van der Waals surface area contributed by atoms with Crippen LogP contribution in [0.3, 0.4) is 0 Å².